The van der Waals surface area contributed by atoms with E-state index in [1.165, 1.54) is 4.90 Å². The zero-order chi connectivity index (χ0) is 21.4. The van der Waals surface area contributed by atoms with Crippen LogP contribution in [0.15, 0.2) is 40.2 Å². The van der Waals surface area contributed by atoms with Crippen LogP contribution >= 0.6 is 11.8 Å². The summed E-state index contributed by atoms with van der Waals surface area (Å²) in [5, 5.41) is 6.63. The van der Waals surface area contributed by atoms with Gasteiger partial charge in [-0.2, -0.15) is 0 Å². The van der Waals surface area contributed by atoms with Crippen LogP contribution in [0.2, 0.25) is 0 Å². The fourth-order valence-corrected chi connectivity index (χ4v) is 3.65. The summed E-state index contributed by atoms with van der Waals surface area (Å²) in [5.74, 6) is 2.20. The first kappa shape index (κ1) is 24.5. The minimum absolute atomic E-state index is 0.0189. The van der Waals surface area contributed by atoms with Gasteiger partial charge in [0, 0.05) is 64.3 Å². The predicted molar refractivity (Wildman–Crippen MR) is 123 cm³/mol. The molecular formula is C22H36N4O3S. The number of amides is 1. The number of thioether (sulfide) groups is 1. The maximum atomic E-state index is 11.9. The molecule has 0 saturated carbocycles. The Bertz CT molecular complexity index is 622. The average Bonchev–Trinajstić information content (AvgIpc) is 2.77. The van der Waals surface area contributed by atoms with Gasteiger partial charge in [-0.15, -0.1) is 11.8 Å². The zero-order valence-corrected chi connectivity index (χ0v) is 19.1. The predicted octanol–water partition coefficient (Wildman–Crippen LogP) is 2.24. The Kier molecular flexibility index (Phi) is 12.3. The molecule has 7 nitrogen and oxygen atoms in total. The van der Waals surface area contributed by atoms with E-state index >= 15 is 0 Å². The van der Waals surface area contributed by atoms with E-state index in [-0.39, 0.29) is 12.5 Å². The summed E-state index contributed by atoms with van der Waals surface area (Å²) >= 11 is 1.79. The van der Waals surface area contributed by atoms with Gasteiger partial charge in [-0.3, -0.25) is 4.79 Å². The fourth-order valence-electron chi connectivity index (χ4n) is 2.86. The standard InChI is InChI=1S/C22H36N4O3S/c1-26(2)21(27)17-25-22(24-12-16-30-20-7-4-3-5-8-20)23-11-6-13-29-18-19-9-14-28-15-10-19/h3-5,7-8,19H,6,9-18H2,1-2H3,(H2,23,24,25). The second-order valence-electron chi connectivity index (χ2n) is 7.45. The van der Waals surface area contributed by atoms with Crippen molar-refractivity contribution in [3.63, 3.8) is 0 Å². The van der Waals surface area contributed by atoms with E-state index in [4.69, 9.17) is 9.47 Å². The van der Waals surface area contributed by atoms with E-state index in [0.29, 0.717) is 11.9 Å². The normalized spacial score (nSPS) is 15.1. The topological polar surface area (TPSA) is 75.2 Å². The van der Waals surface area contributed by atoms with Crippen molar-refractivity contribution in [1.82, 2.24) is 15.5 Å². The van der Waals surface area contributed by atoms with Crippen LogP contribution in [0.4, 0.5) is 0 Å². The molecule has 0 spiro atoms. The van der Waals surface area contributed by atoms with Gasteiger partial charge in [-0.1, -0.05) is 18.2 Å². The third kappa shape index (κ3) is 10.8. The number of hydrogen-bond donors (Lipinski definition) is 2. The minimum Gasteiger partial charge on any atom is -0.381 e. The molecule has 2 N–H and O–H groups in total. The molecule has 1 amide bonds. The molecular weight excluding hydrogens is 400 g/mol. The lowest BCUT2D eigenvalue weighted by Gasteiger charge is -2.21. The van der Waals surface area contributed by atoms with Gasteiger partial charge >= 0.3 is 0 Å². The molecule has 2 rings (SSSR count). The van der Waals surface area contributed by atoms with Crippen molar-refractivity contribution in [3.8, 4) is 0 Å². The van der Waals surface area contributed by atoms with Gasteiger partial charge in [0.05, 0.1) is 0 Å². The van der Waals surface area contributed by atoms with E-state index in [1.807, 2.05) is 18.2 Å². The molecule has 0 aliphatic carbocycles. The summed E-state index contributed by atoms with van der Waals surface area (Å²) in [4.78, 5) is 19.1. The highest BCUT2D eigenvalue weighted by molar-refractivity contribution is 7.99. The number of ether oxygens (including phenoxy) is 2. The van der Waals surface area contributed by atoms with Crippen LogP contribution in [-0.2, 0) is 14.3 Å². The van der Waals surface area contributed by atoms with Crippen molar-refractivity contribution in [3.05, 3.63) is 30.3 Å². The molecule has 0 radical (unpaired) electrons. The molecule has 1 aliphatic rings. The van der Waals surface area contributed by atoms with E-state index in [1.54, 1.807) is 30.8 Å². The van der Waals surface area contributed by atoms with Crippen molar-refractivity contribution >= 4 is 23.6 Å². The lowest BCUT2D eigenvalue weighted by molar-refractivity contribution is -0.127. The summed E-state index contributed by atoms with van der Waals surface area (Å²) < 4.78 is 11.2. The first-order valence-electron chi connectivity index (χ1n) is 10.7. The molecule has 30 heavy (non-hydrogen) atoms. The van der Waals surface area contributed by atoms with Gasteiger partial charge in [0.2, 0.25) is 5.91 Å². The van der Waals surface area contributed by atoms with E-state index in [9.17, 15) is 4.79 Å². The number of nitrogens with zero attached hydrogens (tertiary/aromatic N) is 2. The Hall–Kier alpha value is -1.77. The number of rotatable bonds is 12. The van der Waals surface area contributed by atoms with Gasteiger partial charge in [0.25, 0.3) is 0 Å². The molecule has 168 valence electrons. The fraction of sp³-hybridized carbons (Fsp3) is 0.636. The highest BCUT2D eigenvalue weighted by Gasteiger charge is 2.13. The summed E-state index contributed by atoms with van der Waals surface area (Å²) in [6.45, 7) is 4.90. The third-order valence-corrected chi connectivity index (χ3v) is 5.74. The van der Waals surface area contributed by atoms with Crippen LogP contribution in [0, 0.1) is 5.92 Å². The Morgan fingerprint density at radius 3 is 2.67 bits per heavy atom. The molecule has 0 unspecified atom stereocenters. The van der Waals surface area contributed by atoms with E-state index < -0.39 is 0 Å². The van der Waals surface area contributed by atoms with Crippen molar-refractivity contribution < 1.29 is 14.3 Å². The molecule has 0 aromatic heterocycles. The summed E-state index contributed by atoms with van der Waals surface area (Å²) in [6.07, 6.45) is 3.09. The van der Waals surface area contributed by atoms with Gasteiger partial charge in [-0.05, 0) is 37.3 Å². The van der Waals surface area contributed by atoms with Gasteiger partial charge in [0.15, 0.2) is 5.96 Å². The number of likely N-dealkylation sites (N-methyl/N-ethyl adjacent to an activating group) is 1. The number of carbonyl (C=O) groups is 1. The van der Waals surface area contributed by atoms with Crippen molar-refractivity contribution in [2.75, 3.05) is 65.9 Å². The number of carbonyl (C=O) groups excluding carboxylic acids is 1. The van der Waals surface area contributed by atoms with Crippen LogP contribution < -0.4 is 10.6 Å². The molecule has 8 heteroatoms. The molecule has 1 aromatic rings. The molecule has 1 heterocycles. The highest BCUT2D eigenvalue weighted by atomic mass is 32.2. The zero-order valence-electron chi connectivity index (χ0n) is 18.3. The molecule has 1 fully saturated rings. The minimum atomic E-state index is -0.0189. The first-order valence-corrected chi connectivity index (χ1v) is 11.7. The van der Waals surface area contributed by atoms with Crippen molar-refractivity contribution in [1.29, 1.82) is 0 Å². The Balaban J connectivity index is 1.65. The van der Waals surface area contributed by atoms with Crippen LogP contribution in [0.3, 0.4) is 0 Å². The summed E-state index contributed by atoms with van der Waals surface area (Å²) in [6, 6.07) is 10.3. The lowest BCUT2D eigenvalue weighted by Crippen LogP contribution is -2.40. The van der Waals surface area contributed by atoms with Crippen molar-refractivity contribution in [2.45, 2.75) is 24.2 Å². The maximum absolute atomic E-state index is 11.9. The number of aliphatic imine (C=N–C) groups is 1. The van der Waals surface area contributed by atoms with Crippen LogP contribution in [0.1, 0.15) is 19.3 Å². The molecule has 1 aliphatic heterocycles. The Morgan fingerprint density at radius 1 is 1.20 bits per heavy atom. The average molecular weight is 437 g/mol. The number of hydrogen-bond acceptors (Lipinski definition) is 5. The number of guanidine groups is 1. The number of nitrogens with one attached hydrogen (secondary N) is 2. The van der Waals surface area contributed by atoms with Crippen LogP contribution in [0.5, 0.6) is 0 Å². The quantitative estimate of drug-likeness (QED) is 0.227. The van der Waals surface area contributed by atoms with Gasteiger partial charge in [0.1, 0.15) is 6.54 Å². The molecule has 0 atom stereocenters. The SMILES string of the molecule is CN(C)C(=O)CN=C(NCCCOCC1CCOCC1)NCCSc1ccccc1. The Morgan fingerprint density at radius 2 is 1.93 bits per heavy atom. The van der Waals surface area contributed by atoms with Gasteiger partial charge in [-0.25, -0.2) is 4.99 Å². The smallest absolute Gasteiger partial charge is 0.243 e. The Labute approximate surface area is 185 Å². The number of benzene rings is 1. The second-order valence-corrected chi connectivity index (χ2v) is 8.62. The molecule has 0 bridgehead atoms. The van der Waals surface area contributed by atoms with E-state index in [0.717, 1.165) is 64.5 Å². The van der Waals surface area contributed by atoms with Crippen LogP contribution in [0.25, 0.3) is 0 Å². The third-order valence-electron chi connectivity index (χ3n) is 4.73. The van der Waals surface area contributed by atoms with Gasteiger partial charge < -0.3 is 25.0 Å². The molecule has 1 aromatic carbocycles. The first-order chi connectivity index (χ1) is 14.6. The molecule has 1 saturated heterocycles. The van der Waals surface area contributed by atoms with Crippen molar-refractivity contribution in [2.24, 2.45) is 10.9 Å². The highest BCUT2D eigenvalue weighted by Crippen LogP contribution is 2.16. The second kappa shape index (κ2) is 15.1. The summed E-state index contributed by atoms with van der Waals surface area (Å²) in [5.41, 5.74) is 0. The lowest BCUT2D eigenvalue weighted by atomic mass is 10.0. The van der Waals surface area contributed by atoms with E-state index in [2.05, 4.69) is 27.8 Å². The monoisotopic (exact) mass is 436 g/mol. The maximum Gasteiger partial charge on any atom is 0.243 e. The largest absolute Gasteiger partial charge is 0.381 e. The summed E-state index contributed by atoms with van der Waals surface area (Å²) in [7, 11) is 3.48. The van der Waals surface area contributed by atoms with Crippen LogP contribution in [-0.4, -0.2) is 82.7 Å².